The Hall–Kier alpha value is -2.67. The number of halogens is 1. The molecule has 1 aromatic carbocycles. The van der Waals surface area contributed by atoms with Crippen LogP contribution in [0.4, 0.5) is 6.01 Å². The van der Waals surface area contributed by atoms with Crippen molar-refractivity contribution in [3.8, 4) is 11.5 Å². The van der Waals surface area contributed by atoms with Gasteiger partial charge in [0.05, 0.1) is 5.69 Å². The van der Waals surface area contributed by atoms with Gasteiger partial charge >= 0.3 is 6.01 Å². The summed E-state index contributed by atoms with van der Waals surface area (Å²) >= 11 is 5.85. The molecule has 2 aromatic heterocycles. The third kappa shape index (κ3) is 3.30. The van der Waals surface area contributed by atoms with Crippen LogP contribution in [0.3, 0.4) is 0 Å². The largest absolute Gasteiger partial charge is 0.403 e. The van der Waals surface area contributed by atoms with Crippen LogP contribution in [-0.4, -0.2) is 25.9 Å². The molecule has 0 fully saturated rings. The quantitative estimate of drug-likeness (QED) is 0.778. The summed E-state index contributed by atoms with van der Waals surface area (Å²) in [5, 5.41) is 15.3. The molecule has 24 heavy (non-hydrogen) atoms. The first kappa shape index (κ1) is 16.2. The second-order valence-electron chi connectivity index (χ2n) is 5.58. The van der Waals surface area contributed by atoms with E-state index in [0.717, 1.165) is 11.3 Å². The topological polar surface area (TPSA) is 85.8 Å². The number of rotatable bonds is 4. The molecule has 8 heteroatoms. The van der Waals surface area contributed by atoms with Gasteiger partial charge in [-0.25, -0.2) is 0 Å². The molecule has 0 aliphatic heterocycles. The highest BCUT2D eigenvalue weighted by atomic mass is 35.5. The second-order valence-corrected chi connectivity index (χ2v) is 6.02. The van der Waals surface area contributed by atoms with Gasteiger partial charge in [0.15, 0.2) is 0 Å². The Bertz CT molecular complexity index is 867. The number of hydrogen-bond donors (Lipinski definition) is 1. The molecule has 0 saturated heterocycles. The van der Waals surface area contributed by atoms with E-state index in [4.69, 9.17) is 16.0 Å². The summed E-state index contributed by atoms with van der Waals surface area (Å²) in [6, 6.07) is 8.78. The molecule has 0 radical (unpaired) electrons. The van der Waals surface area contributed by atoms with Crippen molar-refractivity contribution in [3.63, 3.8) is 0 Å². The van der Waals surface area contributed by atoms with Crippen LogP contribution in [0.2, 0.25) is 5.02 Å². The van der Waals surface area contributed by atoms with Gasteiger partial charge in [0.2, 0.25) is 5.89 Å². The third-order valence-electron chi connectivity index (χ3n) is 3.32. The number of aromatic nitrogens is 4. The van der Waals surface area contributed by atoms with Crippen LogP contribution in [0.1, 0.15) is 36.1 Å². The minimum Gasteiger partial charge on any atom is -0.403 e. The normalized spacial score (nSPS) is 11.0. The minimum absolute atomic E-state index is 0.0270. The molecule has 1 N–H and O–H groups in total. The number of hydrogen-bond acceptors (Lipinski definition) is 5. The summed E-state index contributed by atoms with van der Waals surface area (Å²) in [5.74, 6) is -0.0499. The number of anilines is 1. The number of nitrogens with one attached hydrogen (secondary N) is 1. The first-order chi connectivity index (χ1) is 11.4. The fourth-order valence-corrected chi connectivity index (χ4v) is 2.35. The van der Waals surface area contributed by atoms with Crippen LogP contribution in [0.5, 0.6) is 0 Å². The molecular weight excluding hydrogens is 330 g/mol. The van der Waals surface area contributed by atoms with Crippen LogP contribution in [0, 0.1) is 6.92 Å². The molecule has 2 heterocycles. The van der Waals surface area contributed by atoms with Crippen LogP contribution >= 0.6 is 11.6 Å². The van der Waals surface area contributed by atoms with Gasteiger partial charge in [-0.2, -0.15) is 5.10 Å². The summed E-state index contributed by atoms with van der Waals surface area (Å²) in [7, 11) is 0. The maximum atomic E-state index is 12.4. The summed E-state index contributed by atoms with van der Waals surface area (Å²) in [6.07, 6.45) is 0. The number of carbonyl (C=O) groups excluding carboxylic acids is 1. The van der Waals surface area contributed by atoms with Crippen molar-refractivity contribution in [3.05, 3.63) is 46.7 Å². The highest BCUT2D eigenvalue weighted by molar-refractivity contribution is 6.30. The lowest BCUT2D eigenvalue weighted by atomic mass is 10.2. The number of benzene rings is 1. The average molecular weight is 346 g/mol. The van der Waals surface area contributed by atoms with E-state index in [1.165, 1.54) is 0 Å². The number of nitrogens with zero attached hydrogens (tertiary/aromatic N) is 4. The zero-order valence-electron chi connectivity index (χ0n) is 13.4. The van der Waals surface area contributed by atoms with Gasteiger partial charge in [-0.05, 0) is 51.1 Å². The van der Waals surface area contributed by atoms with E-state index >= 15 is 0 Å². The lowest BCUT2D eigenvalue weighted by Gasteiger charge is -2.09. The summed E-state index contributed by atoms with van der Waals surface area (Å²) in [5.41, 5.74) is 1.92. The molecule has 0 unspecified atom stereocenters. The Balaban J connectivity index is 1.80. The molecule has 0 aliphatic carbocycles. The SMILES string of the molecule is Cc1cc(C(=O)Nc2nnc(-c3ccc(Cl)cc3)o2)n(C(C)C)n1. The van der Waals surface area contributed by atoms with E-state index in [1.807, 2.05) is 20.8 Å². The Labute approximate surface area is 143 Å². The predicted octanol–water partition coefficient (Wildman–Crippen LogP) is 3.73. The average Bonchev–Trinajstić information content (AvgIpc) is 3.15. The monoisotopic (exact) mass is 345 g/mol. The lowest BCUT2D eigenvalue weighted by molar-refractivity contribution is 0.101. The number of carbonyl (C=O) groups is 1. The molecular formula is C16H16ClN5O2. The molecule has 124 valence electrons. The lowest BCUT2D eigenvalue weighted by Crippen LogP contribution is -2.19. The zero-order chi connectivity index (χ0) is 17.3. The summed E-state index contributed by atoms with van der Waals surface area (Å²) in [4.78, 5) is 12.4. The van der Waals surface area contributed by atoms with E-state index in [-0.39, 0.29) is 18.0 Å². The molecule has 0 atom stereocenters. The zero-order valence-corrected chi connectivity index (χ0v) is 14.2. The Morgan fingerprint density at radius 3 is 2.62 bits per heavy atom. The van der Waals surface area contributed by atoms with Crippen LogP contribution in [0.15, 0.2) is 34.7 Å². The predicted molar refractivity (Wildman–Crippen MR) is 90.0 cm³/mol. The molecule has 3 rings (SSSR count). The molecule has 3 aromatic rings. The van der Waals surface area contributed by atoms with Gasteiger partial charge in [0.25, 0.3) is 5.91 Å². The van der Waals surface area contributed by atoms with Crippen LogP contribution < -0.4 is 5.32 Å². The van der Waals surface area contributed by atoms with Crippen LogP contribution in [-0.2, 0) is 0 Å². The van der Waals surface area contributed by atoms with E-state index in [2.05, 4.69) is 20.6 Å². The first-order valence-corrected chi connectivity index (χ1v) is 7.79. The summed E-state index contributed by atoms with van der Waals surface area (Å²) in [6.45, 7) is 5.74. The fraction of sp³-hybridized carbons (Fsp3) is 0.250. The van der Waals surface area contributed by atoms with Crippen LogP contribution in [0.25, 0.3) is 11.5 Å². The molecule has 7 nitrogen and oxygen atoms in total. The highest BCUT2D eigenvalue weighted by Gasteiger charge is 2.18. The number of aryl methyl sites for hydroxylation is 1. The van der Waals surface area contributed by atoms with Crippen molar-refractivity contribution in [1.29, 1.82) is 0 Å². The van der Waals surface area contributed by atoms with Gasteiger partial charge in [-0.15, -0.1) is 5.10 Å². The maximum absolute atomic E-state index is 12.4. The fourth-order valence-electron chi connectivity index (χ4n) is 2.22. The van der Waals surface area contributed by atoms with Gasteiger partial charge in [-0.1, -0.05) is 16.7 Å². The van der Waals surface area contributed by atoms with Crippen molar-refractivity contribution in [2.24, 2.45) is 0 Å². The molecule has 0 bridgehead atoms. The van der Waals surface area contributed by atoms with E-state index in [1.54, 1.807) is 35.0 Å². The first-order valence-electron chi connectivity index (χ1n) is 7.41. The third-order valence-corrected chi connectivity index (χ3v) is 3.57. The van der Waals surface area contributed by atoms with E-state index in [9.17, 15) is 4.79 Å². The van der Waals surface area contributed by atoms with Crippen molar-refractivity contribution in [1.82, 2.24) is 20.0 Å². The number of amides is 1. The molecule has 1 amide bonds. The van der Waals surface area contributed by atoms with Crippen molar-refractivity contribution < 1.29 is 9.21 Å². The van der Waals surface area contributed by atoms with Crippen molar-refractivity contribution >= 4 is 23.5 Å². The van der Waals surface area contributed by atoms with Crippen molar-refractivity contribution in [2.45, 2.75) is 26.8 Å². The Kier molecular flexibility index (Phi) is 4.35. The molecule has 0 aliphatic rings. The smallest absolute Gasteiger partial charge is 0.322 e. The minimum atomic E-state index is -0.351. The van der Waals surface area contributed by atoms with Gasteiger partial charge in [-0.3, -0.25) is 14.8 Å². The van der Waals surface area contributed by atoms with Crippen molar-refractivity contribution in [2.75, 3.05) is 5.32 Å². The molecule has 0 saturated carbocycles. The standard InChI is InChI=1S/C16H16ClN5O2/c1-9(2)22-13(8-10(3)21-22)14(23)18-16-20-19-15(24-16)11-4-6-12(17)7-5-11/h4-9H,1-3H3,(H,18,20,23). The maximum Gasteiger partial charge on any atom is 0.322 e. The summed E-state index contributed by atoms with van der Waals surface area (Å²) < 4.78 is 7.14. The van der Waals surface area contributed by atoms with E-state index < -0.39 is 0 Å². The van der Waals surface area contributed by atoms with Gasteiger partial charge in [0.1, 0.15) is 5.69 Å². The van der Waals surface area contributed by atoms with E-state index in [0.29, 0.717) is 16.6 Å². The Morgan fingerprint density at radius 1 is 1.25 bits per heavy atom. The van der Waals surface area contributed by atoms with Gasteiger partial charge < -0.3 is 4.42 Å². The highest BCUT2D eigenvalue weighted by Crippen LogP contribution is 2.22. The molecule has 0 spiro atoms. The second kappa shape index (κ2) is 6.45. The van der Waals surface area contributed by atoms with Gasteiger partial charge in [0, 0.05) is 16.6 Å². The Morgan fingerprint density at radius 2 is 1.96 bits per heavy atom.